The van der Waals surface area contributed by atoms with Crippen molar-refractivity contribution >= 4 is 56.4 Å². The maximum Gasteiger partial charge on any atom is 0.281 e. The molecule has 2 N–H and O–H groups in total. The van der Waals surface area contributed by atoms with Gasteiger partial charge in [-0.2, -0.15) is 0 Å². The number of halogens is 3. The van der Waals surface area contributed by atoms with Crippen LogP contribution in [0.15, 0.2) is 42.5 Å². The first-order valence-electron chi connectivity index (χ1n) is 6.70. The first-order chi connectivity index (χ1) is 11.5. The number of hydrazine groups is 1. The lowest BCUT2D eigenvalue weighted by Gasteiger charge is -2.07. The Labute approximate surface area is 150 Å². The highest BCUT2D eigenvalue weighted by Gasteiger charge is 2.18. The SMILES string of the molecule is O=C(NNC(=O)c1sc2cc(Cl)ccc2c1Cl)c1ccccc1F. The molecular formula is C16H9Cl2FN2O2S. The maximum absolute atomic E-state index is 13.5. The van der Waals surface area contributed by atoms with Crippen molar-refractivity contribution in [2.45, 2.75) is 0 Å². The van der Waals surface area contributed by atoms with Gasteiger partial charge in [-0.3, -0.25) is 20.4 Å². The van der Waals surface area contributed by atoms with Crippen molar-refractivity contribution in [3.8, 4) is 0 Å². The zero-order chi connectivity index (χ0) is 17.3. The number of benzene rings is 2. The number of rotatable bonds is 2. The number of hydrogen-bond donors (Lipinski definition) is 2. The van der Waals surface area contributed by atoms with Crippen LogP contribution < -0.4 is 10.9 Å². The van der Waals surface area contributed by atoms with Crippen molar-refractivity contribution in [1.29, 1.82) is 0 Å². The molecule has 1 heterocycles. The molecule has 0 fully saturated rings. The highest BCUT2D eigenvalue weighted by atomic mass is 35.5. The molecule has 0 saturated carbocycles. The van der Waals surface area contributed by atoms with Crippen LogP contribution in [0.5, 0.6) is 0 Å². The summed E-state index contributed by atoms with van der Waals surface area (Å²) in [5, 5.41) is 1.49. The summed E-state index contributed by atoms with van der Waals surface area (Å²) in [4.78, 5) is 24.3. The van der Waals surface area contributed by atoms with E-state index in [4.69, 9.17) is 23.2 Å². The Morgan fingerprint density at radius 1 is 1.00 bits per heavy atom. The van der Waals surface area contributed by atoms with Gasteiger partial charge in [-0.15, -0.1) is 11.3 Å². The van der Waals surface area contributed by atoms with Gasteiger partial charge in [0.25, 0.3) is 11.8 Å². The normalized spacial score (nSPS) is 10.6. The molecule has 0 unspecified atom stereocenters. The summed E-state index contributed by atoms with van der Waals surface area (Å²) >= 11 is 13.3. The lowest BCUT2D eigenvalue weighted by Crippen LogP contribution is -2.41. The second kappa shape index (κ2) is 6.76. The zero-order valence-corrected chi connectivity index (χ0v) is 14.2. The van der Waals surface area contributed by atoms with E-state index >= 15 is 0 Å². The second-order valence-electron chi connectivity index (χ2n) is 4.77. The van der Waals surface area contributed by atoms with Crippen LogP contribution in [0.1, 0.15) is 20.0 Å². The molecule has 0 aliphatic carbocycles. The van der Waals surface area contributed by atoms with Gasteiger partial charge in [-0.1, -0.05) is 41.4 Å². The standard InChI is InChI=1S/C16H9Cl2FN2O2S/c17-8-5-6-10-12(7-8)24-14(13(10)18)16(23)21-20-15(22)9-3-1-2-4-11(9)19/h1-7H,(H,20,22)(H,21,23). The Bertz CT molecular complexity index is 958. The fourth-order valence-electron chi connectivity index (χ4n) is 2.07. The molecule has 1 aromatic heterocycles. The summed E-state index contributed by atoms with van der Waals surface area (Å²) in [6.45, 7) is 0. The topological polar surface area (TPSA) is 58.2 Å². The summed E-state index contributed by atoms with van der Waals surface area (Å²) in [5.74, 6) is -2.04. The summed E-state index contributed by atoms with van der Waals surface area (Å²) in [7, 11) is 0. The number of thiophene rings is 1. The van der Waals surface area contributed by atoms with Crippen molar-refractivity contribution in [3.63, 3.8) is 0 Å². The molecule has 4 nitrogen and oxygen atoms in total. The number of carbonyl (C=O) groups is 2. The average Bonchev–Trinajstić information content (AvgIpc) is 2.89. The van der Waals surface area contributed by atoms with Gasteiger partial charge < -0.3 is 0 Å². The molecule has 2 amide bonds. The van der Waals surface area contributed by atoms with Crippen LogP contribution in [0.4, 0.5) is 4.39 Å². The predicted octanol–water partition coefficient (Wildman–Crippen LogP) is 4.42. The molecule has 0 spiro atoms. The molecule has 0 aliphatic rings. The number of nitrogens with one attached hydrogen (secondary N) is 2. The third-order valence-electron chi connectivity index (χ3n) is 3.21. The third-order valence-corrected chi connectivity index (χ3v) is 5.10. The monoisotopic (exact) mass is 382 g/mol. The Morgan fingerprint density at radius 3 is 2.46 bits per heavy atom. The van der Waals surface area contributed by atoms with Gasteiger partial charge in [0.2, 0.25) is 0 Å². The fourth-order valence-corrected chi connectivity index (χ4v) is 3.76. The van der Waals surface area contributed by atoms with Crippen molar-refractivity contribution in [2.75, 3.05) is 0 Å². The van der Waals surface area contributed by atoms with Crippen molar-refractivity contribution in [1.82, 2.24) is 10.9 Å². The van der Waals surface area contributed by atoms with Gasteiger partial charge in [0.15, 0.2) is 0 Å². The highest BCUT2D eigenvalue weighted by molar-refractivity contribution is 7.21. The Hall–Kier alpha value is -2.15. The van der Waals surface area contributed by atoms with Crippen LogP contribution in [-0.2, 0) is 0 Å². The van der Waals surface area contributed by atoms with Gasteiger partial charge >= 0.3 is 0 Å². The highest BCUT2D eigenvalue weighted by Crippen LogP contribution is 2.36. The minimum atomic E-state index is -0.762. The van der Waals surface area contributed by atoms with Crippen LogP contribution in [-0.4, -0.2) is 11.8 Å². The molecule has 0 saturated heterocycles. The molecule has 2 aromatic carbocycles. The molecule has 0 radical (unpaired) electrons. The van der Waals surface area contributed by atoms with E-state index in [0.29, 0.717) is 10.4 Å². The van der Waals surface area contributed by atoms with E-state index in [2.05, 4.69) is 10.9 Å². The largest absolute Gasteiger partial charge is 0.281 e. The van der Waals surface area contributed by atoms with Gasteiger partial charge in [0, 0.05) is 15.1 Å². The van der Waals surface area contributed by atoms with Crippen LogP contribution >= 0.6 is 34.5 Å². The van der Waals surface area contributed by atoms with E-state index in [-0.39, 0.29) is 15.5 Å². The van der Waals surface area contributed by atoms with Gasteiger partial charge in [0.05, 0.1) is 10.6 Å². The Morgan fingerprint density at radius 2 is 1.71 bits per heavy atom. The summed E-state index contributed by atoms with van der Waals surface area (Å²) in [5.41, 5.74) is 4.22. The van der Waals surface area contributed by atoms with Crippen molar-refractivity contribution in [3.05, 3.63) is 68.8 Å². The molecule has 24 heavy (non-hydrogen) atoms. The molecular weight excluding hydrogens is 374 g/mol. The quantitative estimate of drug-likeness (QED) is 0.644. The number of fused-ring (bicyclic) bond motifs is 1. The fraction of sp³-hybridized carbons (Fsp3) is 0. The summed E-state index contributed by atoms with van der Waals surface area (Å²) < 4.78 is 14.3. The van der Waals surface area contributed by atoms with E-state index in [1.165, 1.54) is 18.2 Å². The van der Waals surface area contributed by atoms with E-state index in [9.17, 15) is 14.0 Å². The number of carbonyl (C=O) groups excluding carboxylic acids is 2. The van der Waals surface area contributed by atoms with Crippen LogP contribution in [0, 0.1) is 5.82 Å². The van der Waals surface area contributed by atoms with E-state index in [1.807, 2.05) is 0 Å². The number of hydrogen-bond acceptors (Lipinski definition) is 3. The smallest absolute Gasteiger partial charge is 0.267 e. The lowest BCUT2D eigenvalue weighted by molar-refractivity contribution is 0.0846. The minimum Gasteiger partial charge on any atom is -0.267 e. The molecule has 3 aromatic rings. The maximum atomic E-state index is 13.5. The Balaban J connectivity index is 1.77. The van der Waals surface area contributed by atoms with Crippen molar-refractivity contribution in [2.24, 2.45) is 0 Å². The van der Waals surface area contributed by atoms with Crippen LogP contribution in [0.3, 0.4) is 0 Å². The first kappa shape index (κ1) is 16.7. The number of amides is 2. The van der Waals surface area contributed by atoms with Crippen molar-refractivity contribution < 1.29 is 14.0 Å². The van der Waals surface area contributed by atoms with Gasteiger partial charge in [-0.25, -0.2) is 4.39 Å². The molecule has 0 aliphatic heterocycles. The molecule has 0 atom stereocenters. The summed E-state index contributed by atoms with van der Waals surface area (Å²) in [6.07, 6.45) is 0. The van der Waals surface area contributed by atoms with E-state index in [1.54, 1.807) is 18.2 Å². The molecule has 3 rings (SSSR count). The van der Waals surface area contributed by atoms with Gasteiger partial charge in [0.1, 0.15) is 10.7 Å². The lowest BCUT2D eigenvalue weighted by atomic mass is 10.2. The van der Waals surface area contributed by atoms with Gasteiger partial charge in [-0.05, 0) is 24.3 Å². The summed E-state index contributed by atoms with van der Waals surface area (Å²) in [6, 6.07) is 10.5. The first-order valence-corrected chi connectivity index (χ1v) is 8.27. The zero-order valence-electron chi connectivity index (χ0n) is 11.9. The molecule has 122 valence electrons. The molecule has 8 heteroatoms. The van der Waals surface area contributed by atoms with E-state index in [0.717, 1.165) is 22.1 Å². The average molecular weight is 383 g/mol. The van der Waals surface area contributed by atoms with Crippen LogP contribution in [0.25, 0.3) is 10.1 Å². The molecule has 0 bridgehead atoms. The second-order valence-corrected chi connectivity index (χ2v) is 6.64. The van der Waals surface area contributed by atoms with E-state index < -0.39 is 17.6 Å². The van der Waals surface area contributed by atoms with Crippen LogP contribution in [0.2, 0.25) is 10.0 Å². The minimum absolute atomic E-state index is 0.174. The Kier molecular flexibility index (Phi) is 4.71. The third kappa shape index (κ3) is 3.21. The predicted molar refractivity (Wildman–Crippen MR) is 93.2 cm³/mol.